The average molecular weight is 232 g/mol. The van der Waals surface area contributed by atoms with Crippen molar-refractivity contribution in [3.63, 3.8) is 0 Å². The highest BCUT2D eigenvalue weighted by Crippen LogP contribution is 2.28. The molecule has 2 atom stereocenters. The maximum atomic E-state index is 4.35. The lowest BCUT2D eigenvalue weighted by atomic mass is 9.80. The molecule has 1 saturated carbocycles. The van der Waals surface area contributed by atoms with Gasteiger partial charge in [-0.25, -0.2) is 0 Å². The SMILES string of the molecule is CC1CC(C)CC(NCCc2ccccn2)C1. The maximum absolute atomic E-state index is 4.35. The first-order valence-electron chi connectivity index (χ1n) is 6.87. The van der Waals surface area contributed by atoms with Crippen molar-refractivity contribution in [2.75, 3.05) is 6.54 Å². The predicted octanol–water partition coefficient (Wildman–Crippen LogP) is 3.04. The highest BCUT2D eigenvalue weighted by molar-refractivity contribution is 5.03. The van der Waals surface area contributed by atoms with Crippen molar-refractivity contribution >= 4 is 0 Å². The molecule has 1 fully saturated rings. The fourth-order valence-electron chi connectivity index (χ4n) is 3.06. The zero-order valence-electron chi connectivity index (χ0n) is 11.0. The van der Waals surface area contributed by atoms with Gasteiger partial charge < -0.3 is 5.32 Å². The summed E-state index contributed by atoms with van der Waals surface area (Å²) in [5, 5.41) is 3.69. The number of hydrogen-bond acceptors (Lipinski definition) is 2. The Morgan fingerprint density at radius 3 is 2.59 bits per heavy atom. The molecule has 1 heterocycles. The standard InChI is InChI=1S/C15H24N2/c1-12-9-13(2)11-15(10-12)17-8-6-14-5-3-4-7-16-14/h3-5,7,12-13,15,17H,6,8-11H2,1-2H3. The third kappa shape index (κ3) is 4.12. The number of nitrogens with zero attached hydrogens (tertiary/aromatic N) is 1. The first-order valence-corrected chi connectivity index (χ1v) is 6.87. The summed E-state index contributed by atoms with van der Waals surface area (Å²) in [6.07, 6.45) is 7.00. The molecule has 0 saturated heterocycles. The number of nitrogens with one attached hydrogen (secondary N) is 1. The molecule has 0 aromatic carbocycles. The molecule has 1 N–H and O–H groups in total. The third-order valence-electron chi connectivity index (χ3n) is 3.72. The van der Waals surface area contributed by atoms with E-state index in [1.54, 1.807) is 0 Å². The first kappa shape index (κ1) is 12.6. The van der Waals surface area contributed by atoms with E-state index in [0.29, 0.717) is 0 Å². The molecule has 2 rings (SSSR count). The molecule has 0 radical (unpaired) electrons. The molecule has 17 heavy (non-hydrogen) atoms. The normalized spacial score (nSPS) is 29.2. The Hall–Kier alpha value is -0.890. The fourth-order valence-corrected chi connectivity index (χ4v) is 3.06. The summed E-state index contributed by atoms with van der Waals surface area (Å²) >= 11 is 0. The second kappa shape index (κ2) is 6.15. The molecule has 1 aromatic heterocycles. The van der Waals surface area contributed by atoms with Crippen molar-refractivity contribution in [1.29, 1.82) is 0 Å². The van der Waals surface area contributed by atoms with E-state index in [9.17, 15) is 0 Å². The van der Waals surface area contributed by atoms with Crippen LogP contribution in [0.15, 0.2) is 24.4 Å². The Kier molecular flexibility index (Phi) is 4.55. The molecular formula is C15H24N2. The van der Waals surface area contributed by atoms with E-state index in [1.807, 2.05) is 12.3 Å². The average Bonchev–Trinajstić information content (AvgIpc) is 2.29. The topological polar surface area (TPSA) is 24.9 Å². The summed E-state index contributed by atoms with van der Waals surface area (Å²) in [4.78, 5) is 4.35. The van der Waals surface area contributed by atoms with Gasteiger partial charge in [0, 0.05) is 30.9 Å². The van der Waals surface area contributed by atoms with Crippen LogP contribution in [-0.4, -0.2) is 17.6 Å². The molecule has 0 amide bonds. The van der Waals surface area contributed by atoms with Crippen molar-refractivity contribution in [2.45, 2.75) is 45.6 Å². The summed E-state index contributed by atoms with van der Waals surface area (Å²) in [7, 11) is 0. The summed E-state index contributed by atoms with van der Waals surface area (Å²) in [5.41, 5.74) is 1.19. The quantitative estimate of drug-likeness (QED) is 0.863. The lowest BCUT2D eigenvalue weighted by Gasteiger charge is -2.32. The number of aromatic nitrogens is 1. The van der Waals surface area contributed by atoms with Gasteiger partial charge in [0.25, 0.3) is 0 Å². The monoisotopic (exact) mass is 232 g/mol. The molecule has 1 aliphatic carbocycles. The Bertz CT molecular complexity index is 313. The lowest BCUT2D eigenvalue weighted by Crippen LogP contribution is -2.37. The molecule has 94 valence electrons. The van der Waals surface area contributed by atoms with E-state index in [4.69, 9.17) is 0 Å². The molecule has 2 heteroatoms. The molecular weight excluding hydrogens is 208 g/mol. The Morgan fingerprint density at radius 2 is 1.94 bits per heavy atom. The molecule has 0 bridgehead atoms. The van der Waals surface area contributed by atoms with Crippen LogP contribution in [0.25, 0.3) is 0 Å². The van der Waals surface area contributed by atoms with Crippen LogP contribution in [0.4, 0.5) is 0 Å². The summed E-state index contributed by atoms with van der Waals surface area (Å²) in [5.74, 6) is 1.76. The van der Waals surface area contributed by atoms with Crippen molar-refractivity contribution < 1.29 is 0 Å². The Labute approximate surface area is 105 Å². The van der Waals surface area contributed by atoms with Gasteiger partial charge in [0.05, 0.1) is 0 Å². The van der Waals surface area contributed by atoms with Crippen molar-refractivity contribution in [2.24, 2.45) is 11.8 Å². The van der Waals surface area contributed by atoms with Crippen LogP contribution >= 0.6 is 0 Å². The molecule has 2 unspecified atom stereocenters. The smallest absolute Gasteiger partial charge is 0.0416 e. The van der Waals surface area contributed by atoms with Crippen LogP contribution in [0.5, 0.6) is 0 Å². The number of hydrogen-bond donors (Lipinski definition) is 1. The summed E-state index contributed by atoms with van der Waals surface area (Å²) in [6, 6.07) is 6.86. The van der Waals surface area contributed by atoms with Crippen LogP contribution in [0.1, 0.15) is 38.8 Å². The van der Waals surface area contributed by atoms with E-state index in [2.05, 4.69) is 36.3 Å². The van der Waals surface area contributed by atoms with Gasteiger partial charge in [0.2, 0.25) is 0 Å². The zero-order chi connectivity index (χ0) is 12.1. The number of pyridine rings is 1. The maximum Gasteiger partial charge on any atom is 0.0416 e. The van der Waals surface area contributed by atoms with Crippen LogP contribution in [0, 0.1) is 11.8 Å². The molecule has 1 aromatic rings. The first-order chi connectivity index (χ1) is 8.24. The minimum Gasteiger partial charge on any atom is -0.314 e. The van der Waals surface area contributed by atoms with Gasteiger partial charge in [-0.05, 0) is 43.2 Å². The van der Waals surface area contributed by atoms with Crippen LogP contribution in [-0.2, 0) is 6.42 Å². The van der Waals surface area contributed by atoms with Gasteiger partial charge in [-0.15, -0.1) is 0 Å². The zero-order valence-corrected chi connectivity index (χ0v) is 11.0. The highest BCUT2D eigenvalue weighted by Gasteiger charge is 2.23. The largest absolute Gasteiger partial charge is 0.314 e. The van der Waals surface area contributed by atoms with Crippen molar-refractivity contribution in [3.05, 3.63) is 30.1 Å². The van der Waals surface area contributed by atoms with Gasteiger partial charge in [0.1, 0.15) is 0 Å². The van der Waals surface area contributed by atoms with Gasteiger partial charge in [-0.2, -0.15) is 0 Å². The van der Waals surface area contributed by atoms with Gasteiger partial charge in [-0.1, -0.05) is 19.9 Å². The molecule has 2 nitrogen and oxygen atoms in total. The minimum absolute atomic E-state index is 0.720. The van der Waals surface area contributed by atoms with Crippen molar-refractivity contribution in [1.82, 2.24) is 10.3 Å². The van der Waals surface area contributed by atoms with E-state index in [0.717, 1.165) is 30.8 Å². The summed E-state index contributed by atoms with van der Waals surface area (Å²) in [6.45, 7) is 5.81. The molecule has 0 aliphatic heterocycles. The summed E-state index contributed by atoms with van der Waals surface area (Å²) < 4.78 is 0. The second-order valence-corrected chi connectivity index (χ2v) is 5.64. The lowest BCUT2D eigenvalue weighted by molar-refractivity contribution is 0.240. The van der Waals surface area contributed by atoms with E-state index < -0.39 is 0 Å². The molecule has 0 spiro atoms. The second-order valence-electron chi connectivity index (χ2n) is 5.64. The van der Waals surface area contributed by atoms with Gasteiger partial charge in [0.15, 0.2) is 0 Å². The van der Waals surface area contributed by atoms with Crippen LogP contribution < -0.4 is 5.32 Å². The third-order valence-corrected chi connectivity index (χ3v) is 3.72. The van der Waals surface area contributed by atoms with Gasteiger partial charge in [-0.3, -0.25) is 4.98 Å². The van der Waals surface area contributed by atoms with Crippen LogP contribution in [0.3, 0.4) is 0 Å². The Balaban J connectivity index is 1.71. The minimum atomic E-state index is 0.720. The van der Waals surface area contributed by atoms with Crippen LogP contribution in [0.2, 0.25) is 0 Å². The van der Waals surface area contributed by atoms with E-state index in [1.165, 1.54) is 25.0 Å². The Morgan fingerprint density at radius 1 is 1.18 bits per heavy atom. The highest BCUT2D eigenvalue weighted by atomic mass is 14.9. The van der Waals surface area contributed by atoms with E-state index >= 15 is 0 Å². The van der Waals surface area contributed by atoms with E-state index in [-0.39, 0.29) is 0 Å². The van der Waals surface area contributed by atoms with Gasteiger partial charge >= 0.3 is 0 Å². The predicted molar refractivity (Wildman–Crippen MR) is 71.9 cm³/mol. The fraction of sp³-hybridized carbons (Fsp3) is 0.667. The molecule has 1 aliphatic rings. The number of rotatable bonds is 4. The van der Waals surface area contributed by atoms with Crippen molar-refractivity contribution in [3.8, 4) is 0 Å².